The van der Waals surface area contributed by atoms with Gasteiger partial charge in [-0.1, -0.05) is 6.92 Å². The Morgan fingerprint density at radius 3 is 3.06 bits per heavy atom. The Morgan fingerprint density at radius 2 is 2.38 bits per heavy atom. The molecule has 1 unspecified atom stereocenters. The highest BCUT2D eigenvalue weighted by molar-refractivity contribution is 5.81. The first-order valence-corrected chi connectivity index (χ1v) is 6.47. The number of hydrogen-bond acceptors (Lipinski definition) is 3. The van der Waals surface area contributed by atoms with Crippen LogP contribution in [0.4, 0.5) is 0 Å². The third kappa shape index (κ3) is 2.38. The molecule has 0 aromatic rings. The monoisotopic (exact) mass is 225 g/mol. The number of nitrogens with one attached hydrogen (secondary N) is 2. The van der Waals surface area contributed by atoms with E-state index in [0.29, 0.717) is 6.04 Å². The van der Waals surface area contributed by atoms with Crippen molar-refractivity contribution < 1.29 is 4.79 Å². The second-order valence-corrected chi connectivity index (χ2v) is 5.03. The number of rotatable bonds is 4. The average molecular weight is 225 g/mol. The van der Waals surface area contributed by atoms with Crippen LogP contribution in [0.1, 0.15) is 26.7 Å². The third-order valence-electron chi connectivity index (χ3n) is 3.87. The molecule has 4 heteroatoms. The minimum atomic E-state index is 0.0268. The number of hydrogen-bond donors (Lipinski definition) is 2. The second-order valence-electron chi connectivity index (χ2n) is 5.03. The predicted octanol–water partition coefficient (Wildman–Crippen LogP) is 0.195. The molecule has 2 aliphatic rings. The number of fused-ring (bicyclic) bond motifs is 1. The van der Waals surface area contributed by atoms with Crippen LogP contribution >= 0.6 is 0 Å². The second kappa shape index (κ2) is 5.15. The average Bonchev–Trinajstić information content (AvgIpc) is 2.84. The molecule has 16 heavy (non-hydrogen) atoms. The Kier molecular flexibility index (Phi) is 3.82. The number of amides is 1. The summed E-state index contributed by atoms with van der Waals surface area (Å²) in [6.45, 7) is 8.16. The summed E-state index contributed by atoms with van der Waals surface area (Å²) < 4.78 is 0. The van der Waals surface area contributed by atoms with Crippen LogP contribution in [0.2, 0.25) is 0 Å². The quantitative estimate of drug-likeness (QED) is 0.718. The lowest BCUT2D eigenvalue weighted by atomic mass is 10.1. The minimum Gasteiger partial charge on any atom is -0.355 e. The zero-order chi connectivity index (χ0) is 11.5. The molecule has 0 aromatic heterocycles. The first-order chi connectivity index (χ1) is 7.72. The van der Waals surface area contributed by atoms with Crippen LogP contribution in [-0.2, 0) is 4.79 Å². The van der Waals surface area contributed by atoms with Gasteiger partial charge in [0.25, 0.3) is 0 Å². The van der Waals surface area contributed by atoms with Gasteiger partial charge in [-0.3, -0.25) is 9.69 Å². The van der Waals surface area contributed by atoms with Crippen molar-refractivity contribution >= 4 is 5.91 Å². The Morgan fingerprint density at radius 1 is 1.56 bits per heavy atom. The summed E-state index contributed by atoms with van der Waals surface area (Å²) in [5.41, 5.74) is 0. The van der Waals surface area contributed by atoms with E-state index in [-0.39, 0.29) is 11.9 Å². The van der Waals surface area contributed by atoms with E-state index < -0.39 is 0 Å². The lowest BCUT2D eigenvalue weighted by molar-refractivity contribution is -0.125. The number of nitrogens with zero attached hydrogens (tertiary/aromatic N) is 1. The van der Waals surface area contributed by atoms with Crippen LogP contribution in [-0.4, -0.2) is 49.1 Å². The summed E-state index contributed by atoms with van der Waals surface area (Å²) in [6, 6.07) is 0.653. The Hall–Kier alpha value is -0.610. The van der Waals surface area contributed by atoms with Crippen LogP contribution in [0.5, 0.6) is 0 Å². The summed E-state index contributed by atoms with van der Waals surface area (Å²) in [6.07, 6.45) is 2.27. The van der Waals surface area contributed by atoms with E-state index in [1.54, 1.807) is 0 Å². The largest absolute Gasteiger partial charge is 0.355 e. The van der Waals surface area contributed by atoms with Gasteiger partial charge >= 0.3 is 0 Å². The van der Waals surface area contributed by atoms with Gasteiger partial charge < -0.3 is 10.6 Å². The molecule has 0 radical (unpaired) electrons. The first kappa shape index (κ1) is 11.9. The van der Waals surface area contributed by atoms with Gasteiger partial charge in [0.05, 0.1) is 6.04 Å². The van der Waals surface area contributed by atoms with Gasteiger partial charge in [-0.05, 0) is 32.2 Å². The van der Waals surface area contributed by atoms with E-state index in [1.807, 2.05) is 6.92 Å². The smallest absolute Gasteiger partial charge is 0.237 e. The molecule has 0 aromatic carbocycles. The van der Waals surface area contributed by atoms with Gasteiger partial charge in [-0.2, -0.15) is 0 Å². The lowest BCUT2D eigenvalue weighted by Crippen LogP contribution is -2.45. The van der Waals surface area contributed by atoms with Gasteiger partial charge in [0.2, 0.25) is 5.91 Å². The number of carbonyl (C=O) groups excluding carboxylic acids is 1. The van der Waals surface area contributed by atoms with E-state index >= 15 is 0 Å². The van der Waals surface area contributed by atoms with Gasteiger partial charge in [0, 0.05) is 25.7 Å². The SMILES string of the molecule is CCCNC(=O)C(C)N1C[C@@H]2CCN[C@@H]2C1. The Bertz CT molecular complexity index is 245. The van der Waals surface area contributed by atoms with Gasteiger partial charge in [0.15, 0.2) is 0 Å². The van der Waals surface area contributed by atoms with Crippen LogP contribution in [0.15, 0.2) is 0 Å². The molecule has 2 saturated heterocycles. The Labute approximate surface area is 97.8 Å². The summed E-state index contributed by atoms with van der Waals surface area (Å²) >= 11 is 0. The fourth-order valence-corrected chi connectivity index (χ4v) is 2.76. The normalized spacial score (nSPS) is 31.4. The molecule has 0 saturated carbocycles. The maximum absolute atomic E-state index is 11.8. The van der Waals surface area contributed by atoms with E-state index in [0.717, 1.165) is 38.5 Å². The lowest BCUT2D eigenvalue weighted by Gasteiger charge is -2.24. The third-order valence-corrected chi connectivity index (χ3v) is 3.87. The first-order valence-electron chi connectivity index (χ1n) is 6.47. The van der Waals surface area contributed by atoms with Crippen LogP contribution in [0.25, 0.3) is 0 Å². The molecule has 2 aliphatic heterocycles. The predicted molar refractivity (Wildman–Crippen MR) is 64.2 cm³/mol. The molecule has 0 bridgehead atoms. The van der Waals surface area contributed by atoms with Crippen molar-refractivity contribution in [3.63, 3.8) is 0 Å². The molecule has 4 nitrogen and oxygen atoms in total. The van der Waals surface area contributed by atoms with Gasteiger partial charge in [-0.25, -0.2) is 0 Å². The minimum absolute atomic E-state index is 0.0268. The zero-order valence-electron chi connectivity index (χ0n) is 10.3. The molecule has 92 valence electrons. The summed E-state index contributed by atoms with van der Waals surface area (Å²) in [5, 5.41) is 6.49. The van der Waals surface area contributed by atoms with Crippen LogP contribution in [0, 0.1) is 5.92 Å². The van der Waals surface area contributed by atoms with E-state index in [9.17, 15) is 4.79 Å². The summed E-state index contributed by atoms with van der Waals surface area (Å²) in [5.74, 6) is 0.947. The molecule has 3 atom stereocenters. The van der Waals surface area contributed by atoms with Crippen molar-refractivity contribution in [3.05, 3.63) is 0 Å². The van der Waals surface area contributed by atoms with Gasteiger partial charge in [-0.15, -0.1) is 0 Å². The maximum Gasteiger partial charge on any atom is 0.237 e. The topological polar surface area (TPSA) is 44.4 Å². The van der Waals surface area contributed by atoms with Crippen molar-refractivity contribution in [2.45, 2.75) is 38.8 Å². The van der Waals surface area contributed by atoms with E-state index in [1.165, 1.54) is 6.42 Å². The molecule has 2 N–H and O–H groups in total. The van der Waals surface area contributed by atoms with Crippen molar-refractivity contribution in [2.75, 3.05) is 26.2 Å². The van der Waals surface area contributed by atoms with Crippen LogP contribution in [0.3, 0.4) is 0 Å². The zero-order valence-corrected chi connectivity index (χ0v) is 10.3. The molecule has 2 heterocycles. The van der Waals surface area contributed by atoms with E-state index in [2.05, 4.69) is 22.5 Å². The van der Waals surface area contributed by atoms with E-state index in [4.69, 9.17) is 0 Å². The fraction of sp³-hybridized carbons (Fsp3) is 0.917. The summed E-state index contributed by atoms with van der Waals surface area (Å²) in [4.78, 5) is 14.1. The summed E-state index contributed by atoms with van der Waals surface area (Å²) in [7, 11) is 0. The highest BCUT2D eigenvalue weighted by Gasteiger charge is 2.38. The molecular weight excluding hydrogens is 202 g/mol. The molecule has 0 aliphatic carbocycles. The highest BCUT2D eigenvalue weighted by Crippen LogP contribution is 2.25. The number of likely N-dealkylation sites (tertiary alicyclic amines) is 1. The maximum atomic E-state index is 11.8. The van der Waals surface area contributed by atoms with Crippen molar-refractivity contribution in [1.29, 1.82) is 0 Å². The number of carbonyl (C=O) groups is 1. The van der Waals surface area contributed by atoms with Crippen molar-refractivity contribution in [2.24, 2.45) is 5.92 Å². The van der Waals surface area contributed by atoms with Crippen LogP contribution < -0.4 is 10.6 Å². The molecule has 2 fully saturated rings. The molecule has 2 rings (SSSR count). The molecular formula is C12H23N3O. The molecule has 1 amide bonds. The fourth-order valence-electron chi connectivity index (χ4n) is 2.76. The Balaban J connectivity index is 1.82. The van der Waals surface area contributed by atoms with Crippen molar-refractivity contribution in [3.8, 4) is 0 Å². The molecule has 0 spiro atoms. The van der Waals surface area contributed by atoms with Gasteiger partial charge in [0.1, 0.15) is 0 Å². The standard InChI is InChI=1S/C12H23N3O/c1-3-5-14-12(16)9(2)15-7-10-4-6-13-11(10)8-15/h9-11,13H,3-8H2,1-2H3,(H,14,16)/t9?,10-,11+/m0/s1. The van der Waals surface area contributed by atoms with Crippen molar-refractivity contribution in [1.82, 2.24) is 15.5 Å². The highest BCUT2D eigenvalue weighted by atomic mass is 16.2.